The minimum Gasteiger partial charge on any atom is -0.334 e. The van der Waals surface area contributed by atoms with Crippen LogP contribution >= 0.6 is 0 Å². The number of aromatic nitrogens is 3. The first kappa shape index (κ1) is 20.6. The van der Waals surface area contributed by atoms with Crippen molar-refractivity contribution in [1.82, 2.24) is 20.4 Å². The molecule has 0 unspecified atom stereocenters. The number of nitro groups is 1. The molecule has 4 rings (SSSR count). The number of hydrogen-bond donors (Lipinski definition) is 3. The molecular formula is C21H16FN7O3. The van der Waals surface area contributed by atoms with E-state index in [1.54, 1.807) is 12.1 Å². The average molecular weight is 433 g/mol. The largest absolute Gasteiger partial charge is 0.355 e. The molecule has 3 N–H and O–H groups in total. The number of rotatable bonds is 6. The van der Waals surface area contributed by atoms with E-state index in [-0.39, 0.29) is 17.2 Å². The van der Waals surface area contributed by atoms with E-state index >= 15 is 0 Å². The lowest BCUT2D eigenvalue weighted by atomic mass is 10.1. The Morgan fingerprint density at radius 1 is 1.03 bits per heavy atom. The van der Waals surface area contributed by atoms with Gasteiger partial charge in [-0.15, -0.1) is 0 Å². The highest BCUT2D eigenvalue weighted by Crippen LogP contribution is 2.33. The second kappa shape index (κ2) is 8.60. The maximum absolute atomic E-state index is 13.0. The van der Waals surface area contributed by atoms with Crippen molar-refractivity contribution in [3.8, 4) is 0 Å². The number of anilines is 3. The minimum atomic E-state index is -0.664. The molecule has 32 heavy (non-hydrogen) atoms. The van der Waals surface area contributed by atoms with Crippen molar-refractivity contribution in [3.63, 3.8) is 0 Å². The molecule has 0 saturated heterocycles. The minimum absolute atomic E-state index is 0.0726. The van der Waals surface area contributed by atoms with Gasteiger partial charge in [0.1, 0.15) is 12.1 Å². The molecule has 2 heterocycles. The predicted octanol–water partition coefficient (Wildman–Crippen LogP) is 3.88. The molecule has 160 valence electrons. The second-order valence-electron chi connectivity index (χ2n) is 6.71. The molecule has 0 aliphatic heterocycles. The Morgan fingerprint density at radius 3 is 2.53 bits per heavy atom. The molecule has 2 aromatic heterocycles. The number of halogens is 1. The van der Waals surface area contributed by atoms with Crippen molar-refractivity contribution >= 4 is 39.8 Å². The van der Waals surface area contributed by atoms with Crippen LogP contribution in [0.5, 0.6) is 0 Å². The van der Waals surface area contributed by atoms with Crippen LogP contribution in [0.3, 0.4) is 0 Å². The van der Waals surface area contributed by atoms with Gasteiger partial charge in [-0.25, -0.2) is 14.4 Å². The van der Waals surface area contributed by atoms with Crippen molar-refractivity contribution in [2.24, 2.45) is 0 Å². The summed E-state index contributed by atoms with van der Waals surface area (Å²) in [6.07, 6.45) is 1.12. The van der Waals surface area contributed by atoms with Gasteiger partial charge in [-0.3, -0.25) is 30.7 Å². The summed E-state index contributed by atoms with van der Waals surface area (Å²) < 4.78 is 13.0. The van der Waals surface area contributed by atoms with Gasteiger partial charge in [0.2, 0.25) is 11.6 Å². The van der Waals surface area contributed by atoms with E-state index < -0.39 is 22.3 Å². The first-order valence-corrected chi connectivity index (χ1v) is 9.37. The van der Waals surface area contributed by atoms with Gasteiger partial charge in [-0.1, -0.05) is 6.07 Å². The normalized spacial score (nSPS) is 10.6. The molecule has 0 bridgehead atoms. The number of fused-ring (bicyclic) bond motifs is 1. The first-order chi connectivity index (χ1) is 15.4. The van der Waals surface area contributed by atoms with Crippen molar-refractivity contribution < 1.29 is 14.1 Å². The average Bonchev–Trinajstić information content (AvgIpc) is 2.77. The van der Waals surface area contributed by atoms with Crippen LogP contribution in [0.1, 0.15) is 16.1 Å². The number of pyridine rings is 1. The standard InChI is InChI=1S/C21H16FN7O3/c1-12-5-10-15-16(25-12)3-2-4-17(15)26-19-18(29(31)32)20(24-11-23-19)27-28-21(30)13-6-8-14(22)9-7-13/h2-11H,1H3,(H,28,30)(H2,23,24,26,27). The van der Waals surface area contributed by atoms with Crippen LogP contribution in [0.25, 0.3) is 10.9 Å². The monoisotopic (exact) mass is 433 g/mol. The highest BCUT2D eigenvalue weighted by molar-refractivity contribution is 5.96. The van der Waals surface area contributed by atoms with E-state index in [9.17, 15) is 19.3 Å². The second-order valence-corrected chi connectivity index (χ2v) is 6.71. The molecule has 0 atom stereocenters. The summed E-state index contributed by atoms with van der Waals surface area (Å²) in [5, 5.41) is 15.5. The fourth-order valence-electron chi connectivity index (χ4n) is 3.02. The number of nitrogens with zero attached hydrogens (tertiary/aromatic N) is 4. The summed E-state index contributed by atoms with van der Waals surface area (Å²) >= 11 is 0. The van der Waals surface area contributed by atoms with E-state index in [2.05, 4.69) is 31.1 Å². The number of hydrazine groups is 1. The molecule has 11 heteroatoms. The third-order valence-corrected chi connectivity index (χ3v) is 4.53. The lowest BCUT2D eigenvalue weighted by Crippen LogP contribution is -2.30. The van der Waals surface area contributed by atoms with Crippen molar-refractivity contribution in [2.75, 3.05) is 10.7 Å². The van der Waals surface area contributed by atoms with E-state index in [0.717, 1.165) is 35.1 Å². The number of benzene rings is 2. The molecule has 4 aromatic rings. The smallest absolute Gasteiger partial charge is 0.334 e. The van der Waals surface area contributed by atoms with Crippen LogP contribution in [-0.4, -0.2) is 25.8 Å². The number of amides is 1. The van der Waals surface area contributed by atoms with Gasteiger partial charge in [0, 0.05) is 22.3 Å². The Hall–Kier alpha value is -4.67. The van der Waals surface area contributed by atoms with Crippen LogP contribution < -0.4 is 16.2 Å². The third kappa shape index (κ3) is 4.26. The maximum atomic E-state index is 13.0. The molecule has 0 radical (unpaired) electrons. The van der Waals surface area contributed by atoms with Gasteiger partial charge in [-0.05, 0) is 55.5 Å². The zero-order valence-electron chi connectivity index (χ0n) is 16.7. The van der Waals surface area contributed by atoms with Gasteiger partial charge in [0.15, 0.2) is 0 Å². The number of carbonyl (C=O) groups is 1. The van der Waals surface area contributed by atoms with Crippen LogP contribution in [0.4, 0.5) is 27.4 Å². The Morgan fingerprint density at radius 2 is 1.78 bits per heavy atom. The zero-order chi connectivity index (χ0) is 22.7. The summed E-state index contributed by atoms with van der Waals surface area (Å²) in [5.41, 5.74) is 6.57. The van der Waals surface area contributed by atoms with Crippen LogP contribution in [0.2, 0.25) is 0 Å². The number of hydrogen-bond acceptors (Lipinski definition) is 8. The summed E-state index contributed by atoms with van der Waals surface area (Å²) in [5.74, 6) is -1.41. The Kier molecular flexibility index (Phi) is 5.53. The Balaban J connectivity index is 1.62. The molecule has 2 aromatic carbocycles. The lowest BCUT2D eigenvalue weighted by Gasteiger charge is -2.12. The van der Waals surface area contributed by atoms with Crippen molar-refractivity contribution in [2.45, 2.75) is 6.92 Å². The first-order valence-electron chi connectivity index (χ1n) is 9.37. The topological polar surface area (TPSA) is 135 Å². The quantitative estimate of drug-likeness (QED) is 0.308. The summed E-state index contributed by atoms with van der Waals surface area (Å²) in [6.45, 7) is 1.87. The van der Waals surface area contributed by atoms with Gasteiger partial charge >= 0.3 is 5.69 Å². The molecule has 0 saturated carbocycles. The highest BCUT2D eigenvalue weighted by Gasteiger charge is 2.24. The van der Waals surface area contributed by atoms with Crippen molar-refractivity contribution in [1.29, 1.82) is 0 Å². The van der Waals surface area contributed by atoms with Crippen LogP contribution in [0, 0.1) is 22.9 Å². The third-order valence-electron chi connectivity index (χ3n) is 4.53. The molecule has 0 fully saturated rings. The summed E-state index contributed by atoms with van der Waals surface area (Å²) in [6, 6.07) is 13.9. The molecule has 0 aliphatic carbocycles. The van der Waals surface area contributed by atoms with E-state index in [0.29, 0.717) is 5.69 Å². The van der Waals surface area contributed by atoms with E-state index in [1.807, 2.05) is 25.1 Å². The molecule has 0 spiro atoms. The number of aryl methyl sites for hydroxylation is 1. The molecular weight excluding hydrogens is 417 g/mol. The van der Waals surface area contributed by atoms with Crippen molar-refractivity contribution in [3.05, 3.63) is 88.1 Å². The SMILES string of the molecule is Cc1ccc2c(Nc3ncnc(NNC(=O)c4ccc(F)cc4)c3[N+](=O)[O-])cccc2n1. The Labute approximate surface area is 180 Å². The van der Waals surface area contributed by atoms with Crippen LogP contribution in [-0.2, 0) is 0 Å². The molecule has 0 aliphatic rings. The lowest BCUT2D eigenvalue weighted by molar-refractivity contribution is -0.383. The van der Waals surface area contributed by atoms with Gasteiger partial charge in [0.05, 0.1) is 10.4 Å². The summed E-state index contributed by atoms with van der Waals surface area (Å²) in [4.78, 5) is 35.6. The summed E-state index contributed by atoms with van der Waals surface area (Å²) in [7, 11) is 0. The van der Waals surface area contributed by atoms with Gasteiger partial charge in [-0.2, -0.15) is 0 Å². The van der Waals surface area contributed by atoms with Gasteiger partial charge in [0.25, 0.3) is 5.91 Å². The zero-order valence-corrected chi connectivity index (χ0v) is 16.7. The molecule has 10 nitrogen and oxygen atoms in total. The fourth-order valence-corrected chi connectivity index (χ4v) is 3.02. The van der Waals surface area contributed by atoms with E-state index in [1.165, 1.54) is 12.1 Å². The molecule has 1 amide bonds. The number of carbonyl (C=O) groups excluding carboxylic acids is 1. The predicted molar refractivity (Wildman–Crippen MR) is 116 cm³/mol. The van der Waals surface area contributed by atoms with E-state index in [4.69, 9.17) is 0 Å². The van der Waals surface area contributed by atoms with Crippen LogP contribution in [0.15, 0.2) is 60.9 Å². The maximum Gasteiger partial charge on any atom is 0.355 e. The number of nitrogens with one attached hydrogen (secondary N) is 3. The highest BCUT2D eigenvalue weighted by atomic mass is 19.1. The fraction of sp³-hybridized carbons (Fsp3) is 0.0476. The van der Waals surface area contributed by atoms with Gasteiger partial charge < -0.3 is 5.32 Å². The Bertz CT molecular complexity index is 1330.